The van der Waals surface area contributed by atoms with Crippen LogP contribution >= 0.6 is 0 Å². The number of aryl methyl sites for hydroxylation is 1. The van der Waals surface area contributed by atoms with Gasteiger partial charge in [-0.25, -0.2) is 0 Å². The molecule has 0 aromatic carbocycles. The van der Waals surface area contributed by atoms with E-state index in [1.807, 2.05) is 6.20 Å². The summed E-state index contributed by atoms with van der Waals surface area (Å²) in [7, 11) is 0. The highest BCUT2D eigenvalue weighted by molar-refractivity contribution is 5.33. The van der Waals surface area contributed by atoms with Gasteiger partial charge in [-0.15, -0.1) is 0 Å². The highest BCUT2D eigenvalue weighted by Gasteiger charge is 2.01. The Kier molecular flexibility index (Phi) is 4.52. The van der Waals surface area contributed by atoms with Crippen molar-refractivity contribution >= 4 is 0 Å². The molecule has 1 aromatic heterocycles. The molecule has 0 fully saturated rings. The Morgan fingerprint density at radius 3 is 2.83 bits per heavy atom. The van der Waals surface area contributed by atoms with Gasteiger partial charge in [0.15, 0.2) is 0 Å². The Labute approximate surface area is 110 Å². The first-order chi connectivity index (χ1) is 8.78. The lowest BCUT2D eigenvalue weighted by molar-refractivity contribution is 0.881. The summed E-state index contributed by atoms with van der Waals surface area (Å²) in [5, 5.41) is 0. The number of pyridine rings is 1. The Morgan fingerprint density at radius 2 is 2.11 bits per heavy atom. The van der Waals surface area contributed by atoms with E-state index >= 15 is 0 Å². The molecule has 1 heteroatoms. The van der Waals surface area contributed by atoms with Crippen molar-refractivity contribution in [3.8, 4) is 0 Å². The fraction of sp³-hybridized carbons (Fsp3) is 0.353. The van der Waals surface area contributed by atoms with Gasteiger partial charge in [0, 0.05) is 18.3 Å². The molecule has 18 heavy (non-hydrogen) atoms. The molecule has 0 saturated heterocycles. The first kappa shape index (κ1) is 12.8. The number of rotatable bonds is 4. The molecule has 0 amide bonds. The summed E-state index contributed by atoms with van der Waals surface area (Å²) in [4.78, 5) is 4.46. The average molecular weight is 239 g/mol. The molecule has 0 N–H and O–H groups in total. The van der Waals surface area contributed by atoms with E-state index in [0.717, 1.165) is 18.5 Å². The number of nitrogens with zero attached hydrogens (tertiary/aromatic N) is 1. The second kappa shape index (κ2) is 6.34. The molecule has 0 radical (unpaired) electrons. The molecule has 1 aromatic rings. The zero-order chi connectivity index (χ0) is 12.8. The van der Waals surface area contributed by atoms with Crippen molar-refractivity contribution in [3.05, 3.63) is 65.0 Å². The predicted molar refractivity (Wildman–Crippen MR) is 77.5 cm³/mol. The van der Waals surface area contributed by atoms with Gasteiger partial charge in [-0.2, -0.15) is 0 Å². The molecule has 0 saturated carbocycles. The lowest BCUT2D eigenvalue weighted by Crippen LogP contribution is -1.91. The van der Waals surface area contributed by atoms with E-state index in [4.69, 9.17) is 0 Å². The van der Waals surface area contributed by atoms with Crippen molar-refractivity contribution in [2.45, 2.75) is 39.5 Å². The number of hydrogen-bond donors (Lipinski definition) is 0. The van der Waals surface area contributed by atoms with Crippen molar-refractivity contribution in [3.63, 3.8) is 0 Å². The fourth-order valence-electron chi connectivity index (χ4n) is 2.15. The molecule has 0 atom stereocenters. The second-order valence-electron chi connectivity index (χ2n) is 4.93. The van der Waals surface area contributed by atoms with Gasteiger partial charge in [0.25, 0.3) is 0 Å². The van der Waals surface area contributed by atoms with Gasteiger partial charge < -0.3 is 0 Å². The Hall–Kier alpha value is -1.63. The molecule has 0 spiro atoms. The molecule has 1 heterocycles. The zero-order valence-corrected chi connectivity index (χ0v) is 11.3. The monoisotopic (exact) mass is 239 g/mol. The van der Waals surface area contributed by atoms with Crippen LogP contribution in [-0.4, -0.2) is 4.98 Å². The smallest absolute Gasteiger partial charge is 0.0447 e. The molecule has 1 aliphatic rings. The maximum atomic E-state index is 4.46. The highest BCUT2D eigenvalue weighted by atomic mass is 14.7. The van der Waals surface area contributed by atoms with E-state index in [0.29, 0.717) is 0 Å². The first-order valence-electron chi connectivity index (χ1n) is 6.74. The SMILES string of the molecule is CCCC1=CC=C(Cc2ccc(C)cn2)C=CC1. The van der Waals surface area contributed by atoms with Gasteiger partial charge in [0.1, 0.15) is 0 Å². The second-order valence-corrected chi connectivity index (χ2v) is 4.93. The van der Waals surface area contributed by atoms with Gasteiger partial charge in [-0.05, 0) is 37.0 Å². The minimum absolute atomic E-state index is 0.923. The van der Waals surface area contributed by atoms with Crippen LogP contribution in [0.4, 0.5) is 0 Å². The number of hydrogen-bond acceptors (Lipinski definition) is 1. The van der Waals surface area contributed by atoms with Gasteiger partial charge in [-0.1, -0.05) is 49.3 Å². The molecule has 0 unspecified atom stereocenters. The van der Waals surface area contributed by atoms with Gasteiger partial charge in [0.2, 0.25) is 0 Å². The third kappa shape index (κ3) is 3.69. The summed E-state index contributed by atoms with van der Waals surface area (Å²) in [6.45, 7) is 4.30. The van der Waals surface area contributed by atoms with Crippen LogP contribution in [-0.2, 0) is 6.42 Å². The minimum atomic E-state index is 0.923. The maximum absolute atomic E-state index is 4.46. The standard InChI is InChI=1S/C17H21N/c1-3-5-15-6-4-7-16(10-9-15)12-17-11-8-14(2)13-18-17/h4,7-11,13H,3,5-6,12H2,1-2H3. The third-order valence-corrected chi connectivity index (χ3v) is 3.17. The summed E-state index contributed by atoms with van der Waals surface area (Å²) in [6, 6.07) is 4.24. The van der Waals surface area contributed by atoms with Crippen molar-refractivity contribution in [1.29, 1.82) is 0 Å². The summed E-state index contributed by atoms with van der Waals surface area (Å²) in [5.74, 6) is 0. The lowest BCUT2D eigenvalue weighted by Gasteiger charge is -2.01. The topological polar surface area (TPSA) is 12.9 Å². The number of aromatic nitrogens is 1. The van der Waals surface area contributed by atoms with E-state index < -0.39 is 0 Å². The van der Waals surface area contributed by atoms with E-state index in [1.165, 1.54) is 29.6 Å². The molecule has 0 bridgehead atoms. The van der Waals surface area contributed by atoms with Gasteiger partial charge >= 0.3 is 0 Å². The van der Waals surface area contributed by atoms with Crippen molar-refractivity contribution in [1.82, 2.24) is 4.98 Å². The lowest BCUT2D eigenvalue weighted by atomic mass is 10.1. The molecular weight excluding hydrogens is 218 g/mol. The number of allylic oxidation sites excluding steroid dienone is 6. The maximum Gasteiger partial charge on any atom is 0.0447 e. The third-order valence-electron chi connectivity index (χ3n) is 3.17. The molecule has 1 nitrogen and oxygen atoms in total. The largest absolute Gasteiger partial charge is 0.261 e. The Balaban J connectivity index is 2.07. The summed E-state index contributed by atoms with van der Waals surface area (Å²) in [6.07, 6.45) is 15.4. The van der Waals surface area contributed by atoms with E-state index in [1.54, 1.807) is 0 Å². The van der Waals surface area contributed by atoms with E-state index in [-0.39, 0.29) is 0 Å². The van der Waals surface area contributed by atoms with Crippen LogP contribution in [0, 0.1) is 6.92 Å². The van der Waals surface area contributed by atoms with Gasteiger partial charge in [0.05, 0.1) is 0 Å². The molecule has 94 valence electrons. The summed E-state index contributed by atoms with van der Waals surface area (Å²) < 4.78 is 0. The molecule has 0 aliphatic heterocycles. The summed E-state index contributed by atoms with van der Waals surface area (Å²) in [5.41, 5.74) is 5.23. The van der Waals surface area contributed by atoms with Crippen LogP contribution in [0.1, 0.15) is 37.4 Å². The van der Waals surface area contributed by atoms with E-state index in [2.05, 4.69) is 55.3 Å². The average Bonchev–Trinajstić information content (AvgIpc) is 2.59. The Morgan fingerprint density at radius 1 is 1.22 bits per heavy atom. The van der Waals surface area contributed by atoms with Crippen LogP contribution in [0.2, 0.25) is 0 Å². The predicted octanol–water partition coefficient (Wildman–Crippen LogP) is 4.55. The van der Waals surface area contributed by atoms with Gasteiger partial charge in [-0.3, -0.25) is 4.98 Å². The summed E-state index contributed by atoms with van der Waals surface area (Å²) >= 11 is 0. The van der Waals surface area contributed by atoms with Crippen LogP contribution in [0.3, 0.4) is 0 Å². The minimum Gasteiger partial charge on any atom is -0.261 e. The highest BCUT2D eigenvalue weighted by Crippen LogP contribution is 2.17. The van der Waals surface area contributed by atoms with Crippen molar-refractivity contribution < 1.29 is 0 Å². The molecule has 2 rings (SSSR count). The van der Waals surface area contributed by atoms with Crippen LogP contribution in [0.5, 0.6) is 0 Å². The van der Waals surface area contributed by atoms with Crippen molar-refractivity contribution in [2.24, 2.45) is 0 Å². The van der Waals surface area contributed by atoms with E-state index in [9.17, 15) is 0 Å². The van der Waals surface area contributed by atoms with Crippen LogP contribution in [0.25, 0.3) is 0 Å². The Bertz CT molecular complexity index is 475. The fourth-order valence-corrected chi connectivity index (χ4v) is 2.15. The van der Waals surface area contributed by atoms with Crippen LogP contribution < -0.4 is 0 Å². The first-order valence-corrected chi connectivity index (χ1v) is 6.74. The zero-order valence-electron chi connectivity index (χ0n) is 11.3. The molecular formula is C17H21N. The van der Waals surface area contributed by atoms with Crippen molar-refractivity contribution in [2.75, 3.05) is 0 Å². The normalized spacial score (nSPS) is 15.0. The van der Waals surface area contributed by atoms with Crippen LogP contribution in [0.15, 0.2) is 53.8 Å². The molecule has 1 aliphatic carbocycles. The quantitative estimate of drug-likeness (QED) is 0.751.